The standard InChI is InChI=1S/C15H30N2/c1-3-17(11-14-7-4-8-14)12-15(16)9-5-6-13(2)10-15/h13-14H,3-12,16H2,1-2H3. The minimum absolute atomic E-state index is 0.109. The van der Waals surface area contributed by atoms with Crippen molar-refractivity contribution in [3.8, 4) is 0 Å². The van der Waals surface area contributed by atoms with Crippen molar-refractivity contribution in [3.05, 3.63) is 0 Å². The summed E-state index contributed by atoms with van der Waals surface area (Å²) in [7, 11) is 0. The van der Waals surface area contributed by atoms with Crippen LogP contribution in [0.4, 0.5) is 0 Å². The topological polar surface area (TPSA) is 29.3 Å². The molecule has 0 heterocycles. The van der Waals surface area contributed by atoms with Gasteiger partial charge in [-0.05, 0) is 44.1 Å². The third kappa shape index (κ3) is 3.69. The predicted octanol–water partition coefficient (Wildman–Crippen LogP) is 3.02. The van der Waals surface area contributed by atoms with Crippen molar-refractivity contribution in [1.82, 2.24) is 4.90 Å². The largest absolute Gasteiger partial charge is 0.324 e. The third-order valence-electron chi connectivity index (χ3n) is 4.85. The molecule has 2 heteroatoms. The van der Waals surface area contributed by atoms with Gasteiger partial charge in [0.1, 0.15) is 0 Å². The molecule has 0 amide bonds. The zero-order valence-corrected chi connectivity index (χ0v) is 11.8. The summed E-state index contributed by atoms with van der Waals surface area (Å²) >= 11 is 0. The van der Waals surface area contributed by atoms with E-state index in [9.17, 15) is 0 Å². The van der Waals surface area contributed by atoms with Crippen molar-refractivity contribution in [2.75, 3.05) is 19.6 Å². The second-order valence-corrected chi connectivity index (χ2v) is 6.69. The van der Waals surface area contributed by atoms with Crippen molar-refractivity contribution < 1.29 is 0 Å². The number of rotatable bonds is 5. The summed E-state index contributed by atoms with van der Waals surface area (Å²) in [6.45, 7) is 8.25. The number of nitrogens with zero attached hydrogens (tertiary/aromatic N) is 1. The summed E-state index contributed by atoms with van der Waals surface area (Å²) in [5.74, 6) is 1.80. The zero-order chi connectivity index (χ0) is 12.3. The van der Waals surface area contributed by atoms with E-state index in [1.54, 1.807) is 0 Å². The van der Waals surface area contributed by atoms with Crippen LogP contribution < -0.4 is 5.73 Å². The summed E-state index contributed by atoms with van der Waals surface area (Å²) in [4.78, 5) is 2.61. The van der Waals surface area contributed by atoms with Crippen LogP contribution in [-0.2, 0) is 0 Å². The van der Waals surface area contributed by atoms with Crippen LogP contribution in [-0.4, -0.2) is 30.1 Å². The van der Waals surface area contributed by atoms with Crippen LogP contribution >= 0.6 is 0 Å². The molecule has 0 aromatic rings. The monoisotopic (exact) mass is 238 g/mol. The number of hydrogen-bond donors (Lipinski definition) is 1. The molecule has 0 aromatic carbocycles. The van der Waals surface area contributed by atoms with Crippen LogP contribution in [0, 0.1) is 11.8 Å². The van der Waals surface area contributed by atoms with Crippen molar-refractivity contribution in [2.45, 2.75) is 64.3 Å². The van der Waals surface area contributed by atoms with E-state index in [4.69, 9.17) is 5.73 Å². The van der Waals surface area contributed by atoms with Gasteiger partial charge in [0.05, 0.1) is 0 Å². The first-order chi connectivity index (χ1) is 8.11. The SMILES string of the molecule is CCN(CC1CCC1)CC1(N)CCCC(C)C1. The second kappa shape index (κ2) is 5.71. The van der Waals surface area contributed by atoms with Crippen LogP contribution in [0.2, 0.25) is 0 Å². The van der Waals surface area contributed by atoms with E-state index in [0.717, 1.165) is 18.4 Å². The van der Waals surface area contributed by atoms with E-state index in [-0.39, 0.29) is 5.54 Å². The summed E-state index contributed by atoms with van der Waals surface area (Å²) in [6, 6.07) is 0. The van der Waals surface area contributed by atoms with Gasteiger partial charge in [-0.15, -0.1) is 0 Å². The van der Waals surface area contributed by atoms with Gasteiger partial charge in [0, 0.05) is 18.6 Å². The first-order valence-corrected chi connectivity index (χ1v) is 7.62. The average molecular weight is 238 g/mol. The van der Waals surface area contributed by atoms with Crippen LogP contribution in [0.5, 0.6) is 0 Å². The highest BCUT2D eigenvalue weighted by Gasteiger charge is 2.33. The van der Waals surface area contributed by atoms with Crippen molar-refractivity contribution in [1.29, 1.82) is 0 Å². The highest BCUT2D eigenvalue weighted by atomic mass is 15.1. The van der Waals surface area contributed by atoms with Gasteiger partial charge in [0.25, 0.3) is 0 Å². The lowest BCUT2D eigenvalue weighted by molar-refractivity contribution is 0.121. The molecule has 2 N–H and O–H groups in total. The molecule has 0 spiro atoms. The molecule has 2 aliphatic carbocycles. The van der Waals surface area contributed by atoms with Gasteiger partial charge in [-0.25, -0.2) is 0 Å². The third-order valence-corrected chi connectivity index (χ3v) is 4.85. The molecule has 2 aliphatic rings. The molecule has 0 saturated heterocycles. The molecule has 2 nitrogen and oxygen atoms in total. The van der Waals surface area contributed by atoms with Gasteiger partial charge in [0.2, 0.25) is 0 Å². The fourth-order valence-corrected chi connectivity index (χ4v) is 3.64. The molecule has 17 heavy (non-hydrogen) atoms. The maximum atomic E-state index is 6.62. The Hall–Kier alpha value is -0.0800. The van der Waals surface area contributed by atoms with E-state index in [0.29, 0.717) is 0 Å². The predicted molar refractivity (Wildman–Crippen MR) is 74.0 cm³/mol. The number of hydrogen-bond acceptors (Lipinski definition) is 2. The van der Waals surface area contributed by atoms with Crippen LogP contribution in [0.1, 0.15) is 58.8 Å². The van der Waals surface area contributed by atoms with Crippen molar-refractivity contribution in [3.63, 3.8) is 0 Å². The van der Waals surface area contributed by atoms with Crippen LogP contribution in [0.25, 0.3) is 0 Å². The molecular formula is C15H30N2. The van der Waals surface area contributed by atoms with Gasteiger partial charge < -0.3 is 10.6 Å². The van der Waals surface area contributed by atoms with Crippen LogP contribution in [0.15, 0.2) is 0 Å². The Kier molecular flexibility index (Phi) is 4.48. The molecule has 2 fully saturated rings. The lowest BCUT2D eigenvalue weighted by Crippen LogP contribution is -2.53. The Bertz CT molecular complexity index is 237. The molecule has 0 radical (unpaired) electrons. The Labute approximate surface area is 107 Å². The number of likely N-dealkylation sites (N-methyl/N-ethyl adjacent to an activating group) is 1. The van der Waals surface area contributed by atoms with E-state index in [1.807, 2.05) is 0 Å². The smallest absolute Gasteiger partial charge is 0.0285 e. The molecule has 100 valence electrons. The summed E-state index contributed by atoms with van der Waals surface area (Å²) in [5.41, 5.74) is 6.73. The quantitative estimate of drug-likeness (QED) is 0.798. The minimum Gasteiger partial charge on any atom is -0.324 e. The molecule has 2 unspecified atom stereocenters. The van der Waals surface area contributed by atoms with E-state index in [2.05, 4.69) is 18.7 Å². The molecule has 0 aliphatic heterocycles. The number of nitrogens with two attached hydrogens (primary N) is 1. The minimum atomic E-state index is 0.109. The van der Waals surface area contributed by atoms with Gasteiger partial charge in [0.15, 0.2) is 0 Å². The normalized spacial score (nSPS) is 34.9. The summed E-state index contributed by atoms with van der Waals surface area (Å²) in [6.07, 6.45) is 9.53. The Morgan fingerprint density at radius 3 is 2.53 bits per heavy atom. The zero-order valence-electron chi connectivity index (χ0n) is 11.8. The van der Waals surface area contributed by atoms with Crippen molar-refractivity contribution in [2.24, 2.45) is 17.6 Å². The second-order valence-electron chi connectivity index (χ2n) is 6.69. The molecule has 0 aromatic heterocycles. The Morgan fingerprint density at radius 1 is 1.24 bits per heavy atom. The lowest BCUT2D eigenvalue weighted by atomic mass is 9.76. The lowest BCUT2D eigenvalue weighted by Gasteiger charge is -2.42. The molecular weight excluding hydrogens is 208 g/mol. The van der Waals surface area contributed by atoms with Gasteiger partial charge >= 0.3 is 0 Å². The first-order valence-electron chi connectivity index (χ1n) is 7.62. The van der Waals surface area contributed by atoms with E-state index in [1.165, 1.54) is 58.0 Å². The maximum Gasteiger partial charge on any atom is 0.0285 e. The summed E-state index contributed by atoms with van der Waals surface area (Å²) < 4.78 is 0. The fourth-order valence-electron chi connectivity index (χ4n) is 3.64. The highest BCUT2D eigenvalue weighted by Crippen LogP contribution is 2.32. The first kappa shape index (κ1) is 13.4. The molecule has 2 atom stereocenters. The van der Waals surface area contributed by atoms with Gasteiger partial charge in [-0.1, -0.05) is 33.1 Å². The molecule has 0 bridgehead atoms. The Morgan fingerprint density at radius 2 is 2.00 bits per heavy atom. The van der Waals surface area contributed by atoms with Crippen molar-refractivity contribution >= 4 is 0 Å². The van der Waals surface area contributed by atoms with Gasteiger partial charge in [-0.2, -0.15) is 0 Å². The van der Waals surface area contributed by atoms with Crippen LogP contribution in [0.3, 0.4) is 0 Å². The van der Waals surface area contributed by atoms with Gasteiger partial charge in [-0.3, -0.25) is 0 Å². The van der Waals surface area contributed by atoms with E-state index >= 15 is 0 Å². The fraction of sp³-hybridized carbons (Fsp3) is 1.00. The summed E-state index contributed by atoms with van der Waals surface area (Å²) in [5, 5.41) is 0. The maximum absolute atomic E-state index is 6.62. The molecule has 2 rings (SSSR count). The average Bonchev–Trinajstić information content (AvgIpc) is 2.21. The Balaban J connectivity index is 1.82. The highest BCUT2D eigenvalue weighted by molar-refractivity contribution is 4.92. The van der Waals surface area contributed by atoms with E-state index < -0.39 is 0 Å². The molecule has 2 saturated carbocycles.